The summed E-state index contributed by atoms with van der Waals surface area (Å²) in [6.45, 7) is 0. The number of hydrogen-bond acceptors (Lipinski definition) is 4. The Kier molecular flexibility index (Phi) is 2.59. The quantitative estimate of drug-likeness (QED) is 0.621. The van der Waals surface area contributed by atoms with Gasteiger partial charge >= 0.3 is 0 Å². The molecule has 0 aliphatic rings. The zero-order valence-corrected chi connectivity index (χ0v) is 10.8. The summed E-state index contributed by atoms with van der Waals surface area (Å²) < 4.78 is 5.46. The van der Waals surface area contributed by atoms with E-state index in [4.69, 9.17) is 27.6 Å². The molecule has 0 fully saturated rings. The average molecular weight is 297 g/mol. The first-order chi connectivity index (χ1) is 8.99. The van der Waals surface area contributed by atoms with Crippen LogP contribution >= 0.6 is 23.2 Å². The fourth-order valence-corrected chi connectivity index (χ4v) is 2.25. The van der Waals surface area contributed by atoms with E-state index in [2.05, 4.69) is 0 Å². The van der Waals surface area contributed by atoms with E-state index in [1.165, 1.54) is 24.3 Å². The van der Waals surface area contributed by atoms with Gasteiger partial charge in [-0.05, 0) is 18.2 Å². The van der Waals surface area contributed by atoms with Crippen molar-refractivity contribution in [3.63, 3.8) is 0 Å². The van der Waals surface area contributed by atoms with Crippen LogP contribution in [0, 0.1) is 0 Å². The van der Waals surface area contributed by atoms with Crippen LogP contribution in [0.25, 0.3) is 21.9 Å². The highest BCUT2D eigenvalue weighted by atomic mass is 35.5. The Balaban J connectivity index is 2.60. The van der Waals surface area contributed by atoms with Gasteiger partial charge in [-0.2, -0.15) is 0 Å². The van der Waals surface area contributed by atoms with Crippen molar-refractivity contribution in [2.45, 2.75) is 0 Å². The Labute approximate surface area is 116 Å². The van der Waals surface area contributed by atoms with Crippen molar-refractivity contribution in [3.05, 3.63) is 44.5 Å². The number of fused-ring (bicyclic) bond motifs is 2. The maximum atomic E-state index is 12.3. The summed E-state index contributed by atoms with van der Waals surface area (Å²) in [5, 5.41) is 19.5. The maximum Gasteiger partial charge on any atom is 0.200 e. The molecule has 19 heavy (non-hydrogen) atoms. The van der Waals surface area contributed by atoms with Crippen LogP contribution in [-0.2, 0) is 0 Å². The third-order valence-corrected chi connectivity index (χ3v) is 3.50. The van der Waals surface area contributed by atoms with Gasteiger partial charge in [-0.1, -0.05) is 23.2 Å². The Morgan fingerprint density at radius 1 is 1.00 bits per heavy atom. The molecule has 0 radical (unpaired) electrons. The van der Waals surface area contributed by atoms with Crippen LogP contribution in [-0.4, -0.2) is 10.2 Å². The second kappa shape index (κ2) is 4.05. The molecular formula is C13H6Cl2O4. The zero-order chi connectivity index (χ0) is 13.7. The van der Waals surface area contributed by atoms with E-state index >= 15 is 0 Å². The van der Waals surface area contributed by atoms with E-state index in [0.717, 1.165) is 0 Å². The van der Waals surface area contributed by atoms with E-state index in [0.29, 0.717) is 0 Å². The van der Waals surface area contributed by atoms with Gasteiger partial charge in [0.15, 0.2) is 5.58 Å². The van der Waals surface area contributed by atoms with Crippen molar-refractivity contribution in [1.29, 1.82) is 0 Å². The van der Waals surface area contributed by atoms with Crippen LogP contribution in [0.5, 0.6) is 11.5 Å². The molecule has 0 saturated heterocycles. The number of phenolic OH excluding ortho intramolecular Hbond substituents is 2. The molecule has 6 heteroatoms. The van der Waals surface area contributed by atoms with Gasteiger partial charge in [0.1, 0.15) is 22.1 Å². The molecule has 0 aliphatic carbocycles. The summed E-state index contributed by atoms with van der Waals surface area (Å²) in [4.78, 5) is 12.3. The highest BCUT2D eigenvalue weighted by Crippen LogP contribution is 2.34. The Morgan fingerprint density at radius 2 is 1.74 bits per heavy atom. The number of hydrogen-bond donors (Lipinski definition) is 2. The lowest BCUT2D eigenvalue weighted by Crippen LogP contribution is -2.02. The first-order valence-corrected chi connectivity index (χ1v) is 6.01. The second-order valence-electron chi connectivity index (χ2n) is 4.01. The van der Waals surface area contributed by atoms with Crippen LogP contribution < -0.4 is 5.43 Å². The smallest absolute Gasteiger partial charge is 0.200 e. The lowest BCUT2D eigenvalue weighted by Gasteiger charge is -2.05. The highest BCUT2D eigenvalue weighted by Gasteiger charge is 2.14. The predicted octanol–water partition coefficient (Wildman–Crippen LogP) is 3.66. The third kappa shape index (κ3) is 1.72. The summed E-state index contributed by atoms with van der Waals surface area (Å²) in [5.74, 6) is -0.386. The minimum absolute atomic E-state index is 0.0501. The molecule has 3 aromatic rings. The molecule has 1 heterocycles. The third-order valence-electron chi connectivity index (χ3n) is 2.83. The van der Waals surface area contributed by atoms with E-state index < -0.39 is 0 Å². The molecule has 0 aliphatic heterocycles. The molecule has 1 aromatic heterocycles. The van der Waals surface area contributed by atoms with Crippen LogP contribution in [0.1, 0.15) is 0 Å². The van der Waals surface area contributed by atoms with E-state index in [-0.39, 0.29) is 48.9 Å². The number of rotatable bonds is 0. The van der Waals surface area contributed by atoms with Crippen LogP contribution in [0.4, 0.5) is 0 Å². The van der Waals surface area contributed by atoms with Crippen molar-refractivity contribution >= 4 is 45.1 Å². The van der Waals surface area contributed by atoms with E-state index in [9.17, 15) is 15.0 Å². The molecule has 2 aromatic carbocycles. The van der Waals surface area contributed by atoms with Crippen molar-refractivity contribution < 1.29 is 14.6 Å². The standard InChI is InChI=1S/C13H6Cl2O4/c14-7-3-6-10(4-9(7)17)19-13-5(12(6)18)1-2-8(16)11(13)15/h1-4,16-17H. The molecule has 0 amide bonds. The van der Waals surface area contributed by atoms with Crippen molar-refractivity contribution in [1.82, 2.24) is 0 Å². The lowest BCUT2D eigenvalue weighted by atomic mass is 10.1. The van der Waals surface area contributed by atoms with E-state index in [1.807, 2.05) is 0 Å². The fourth-order valence-electron chi connectivity index (χ4n) is 1.88. The van der Waals surface area contributed by atoms with Crippen LogP contribution in [0.3, 0.4) is 0 Å². The summed E-state index contributed by atoms with van der Waals surface area (Å²) >= 11 is 11.7. The van der Waals surface area contributed by atoms with Gasteiger partial charge in [-0.3, -0.25) is 4.79 Å². The van der Waals surface area contributed by atoms with Crippen molar-refractivity contribution in [2.75, 3.05) is 0 Å². The molecule has 2 N–H and O–H groups in total. The van der Waals surface area contributed by atoms with Gasteiger partial charge < -0.3 is 14.6 Å². The minimum atomic E-state index is -0.333. The van der Waals surface area contributed by atoms with Gasteiger partial charge in [0, 0.05) is 6.07 Å². The molecule has 0 saturated carbocycles. The molecular weight excluding hydrogens is 291 g/mol. The Bertz CT molecular complexity index is 877. The zero-order valence-electron chi connectivity index (χ0n) is 9.28. The Hall–Kier alpha value is -1.91. The molecule has 4 nitrogen and oxygen atoms in total. The maximum absolute atomic E-state index is 12.3. The summed E-state index contributed by atoms with van der Waals surface area (Å²) in [5.41, 5.74) is -0.118. The first kappa shape index (κ1) is 12.1. The number of phenols is 2. The largest absolute Gasteiger partial charge is 0.506 e. The number of halogens is 2. The van der Waals surface area contributed by atoms with Gasteiger partial charge in [-0.15, -0.1) is 0 Å². The monoisotopic (exact) mass is 296 g/mol. The van der Waals surface area contributed by atoms with Gasteiger partial charge in [-0.25, -0.2) is 0 Å². The average Bonchev–Trinajstić information content (AvgIpc) is 2.37. The Morgan fingerprint density at radius 3 is 2.47 bits per heavy atom. The summed E-state index contributed by atoms with van der Waals surface area (Å²) in [6.07, 6.45) is 0. The van der Waals surface area contributed by atoms with Crippen LogP contribution in [0.2, 0.25) is 10.0 Å². The topological polar surface area (TPSA) is 70.7 Å². The number of benzene rings is 2. The molecule has 3 rings (SSSR count). The van der Waals surface area contributed by atoms with Gasteiger partial charge in [0.2, 0.25) is 5.43 Å². The fraction of sp³-hybridized carbons (Fsp3) is 0. The van der Waals surface area contributed by atoms with Crippen molar-refractivity contribution in [2.24, 2.45) is 0 Å². The molecule has 0 unspecified atom stereocenters. The SMILES string of the molecule is O=c1c2cc(Cl)c(O)cc2oc2c(Cl)c(O)ccc12. The van der Waals surface area contributed by atoms with Gasteiger partial charge in [0.25, 0.3) is 0 Å². The number of aromatic hydroxyl groups is 2. The lowest BCUT2D eigenvalue weighted by molar-refractivity contribution is 0.474. The first-order valence-electron chi connectivity index (χ1n) is 5.25. The molecule has 0 bridgehead atoms. The second-order valence-corrected chi connectivity index (χ2v) is 4.79. The molecule has 0 atom stereocenters. The van der Waals surface area contributed by atoms with Crippen molar-refractivity contribution in [3.8, 4) is 11.5 Å². The summed E-state index contributed by atoms with van der Waals surface area (Å²) in [6, 6.07) is 5.30. The highest BCUT2D eigenvalue weighted by molar-refractivity contribution is 6.36. The molecule has 96 valence electrons. The van der Waals surface area contributed by atoms with Gasteiger partial charge in [0.05, 0.1) is 15.8 Å². The van der Waals surface area contributed by atoms with Crippen LogP contribution in [0.15, 0.2) is 33.5 Å². The minimum Gasteiger partial charge on any atom is -0.506 e. The molecule has 0 spiro atoms. The predicted molar refractivity (Wildman–Crippen MR) is 73.3 cm³/mol. The summed E-state index contributed by atoms with van der Waals surface area (Å²) in [7, 11) is 0. The normalized spacial score (nSPS) is 11.3. The van der Waals surface area contributed by atoms with E-state index in [1.54, 1.807) is 0 Å².